The topological polar surface area (TPSA) is 55.8 Å². The summed E-state index contributed by atoms with van der Waals surface area (Å²) in [4.78, 5) is 25.7. The summed E-state index contributed by atoms with van der Waals surface area (Å²) >= 11 is 0. The maximum Gasteiger partial charge on any atom is 0.410 e. The normalized spacial score (nSPS) is 20.8. The second kappa shape index (κ2) is 5.30. The third-order valence-corrected chi connectivity index (χ3v) is 3.93. The Morgan fingerprint density at radius 1 is 1.36 bits per heavy atom. The number of amides is 1. The molecule has 118 valence electrons. The van der Waals surface area contributed by atoms with Crippen molar-refractivity contribution in [1.82, 2.24) is 4.90 Å². The minimum atomic E-state index is -0.502. The van der Waals surface area contributed by atoms with Crippen LogP contribution in [0.1, 0.15) is 55.6 Å². The van der Waals surface area contributed by atoms with Crippen molar-refractivity contribution in [3.05, 3.63) is 29.3 Å². The van der Waals surface area contributed by atoms with Crippen LogP contribution in [0.25, 0.3) is 0 Å². The second-order valence-electron chi connectivity index (χ2n) is 6.80. The smallest absolute Gasteiger partial charge is 0.410 e. The van der Waals surface area contributed by atoms with E-state index in [1.54, 1.807) is 11.0 Å². The molecule has 0 bridgehead atoms. The van der Waals surface area contributed by atoms with Crippen LogP contribution in [0.5, 0.6) is 5.75 Å². The summed E-state index contributed by atoms with van der Waals surface area (Å²) in [6.45, 7) is 6.40. The van der Waals surface area contributed by atoms with Gasteiger partial charge in [0, 0.05) is 6.54 Å². The maximum absolute atomic E-state index is 12.3. The van der Waals surface area contributed by atoms with Crippen LogP contribution in [0.15, 0.2) is 18.2 Å². The highest BCUT2D eigenvalue weighted by atomic mass is 16.6. The summed E-state index contributed by atoms with van der Waals surface area (Å²) in [6.07, 6.45) is 1.56. The van der Waals surface area contributed by atoms with Crippen molar-refractivity contribution >= 4 is 11.9 Å². The molecule has 2 aliphatic heterocycles. The number of fused-ring (bicyclic) bond motifs is 1. The number of benzene rings is 1. The van der Waals surface area contributed by atoms with Crippen molar-refractivity contribution < 1.29 is 19.1 Å². The molecule has 2 heterocycles. The van der Waals surface area contributed by atoms with Gasteiger partial charge in [-0.25, -0.2) is 4.79 Å². The molecule has 0 aliphatic carbocycles. The van der Waals surface area contributed by atoms with Gasteiger partial charge in [-0.1, -0.05) is 6.07 Å². The number of hydrogen-bond donors (Lipinski definition) is 0. The molecule has 1 atom stereocenters. The van der Waals surface area contributed by atoms with Gasteiger partial charge in [0.05, 0.1) is 11.6 Å². The minimum Gasteiger partial charge on any atom is -0.485 e. The van der Waals surface area contributed by atoms with Gasteiger partial charge in [0.15, 0.2) is 6.61 Å². The predicted molar refractivity (Wildman–Crippen MR) is 81.2 cm³/mol. The van der Waals surface area contributed by atoms with Crippen molar-refractivity contribution in [1.29, 1.82) is 0 Å². The standard InChI is InChI=1S/C17H21NO4/c1-17(2,3)22-16(20)18-8-4-5-13(18)11-6-7-12-14(19)10-21-15(12)9-11/h6-7,9,13H,4-5,8,10H2,1-3H3. The monoisotopic (exact) mass is 303 g/mol. The van der Waals surface area contributed by atoms with Gasteiger partial charge in [-0.05, 0) is 51.3 Å². The molecule has 1 aromatic carbocycles. The highest BCUT2D eigenvalue weighted by Gasteiger charge is 2.34. The fourth-order valence-electron chi connectivity index (χ4n) is 2.97. The average molecular weight is 303 g/mol. The lowest BCUT2D eigenvalue weighted by atomic mass is 10.0. The lowest BCUT2D eigenvalue weighted by Crippen LogP contribution is -2.36. The van der Waals surface area contributed by atoms with Crippen molar-refractivity contribution in [2.45, 2.75) is 45.3 Å². The summed E-state index contributed by atoms with van der Waals surface area (Å²) in [5.74, 6) is 0.635. The molecule has 0 aromatic heterocycles. The van der Waals surface area contributed by atoms with E-state index >= 15 is 0 Å². The van der Waals surface area contributed by atoms with E-state index in [1.807, 2.05) is 32.9 Å². The molecule has 2 aliphatic rings. The zero-order valence-electron chi connectivity index (χ0n) is 13.2. The Kier molecular flexibility index (Phi) is 3.59. The highest BCUT2D eigenvalue weighted by Crippen LogP contribution is 2.36. The number of ketones is 1. The van der Waals surface area contributed by atoms with E-state index in [4.69, 9.17) is 9.47 Å². The van der Waals surface area contributed by atoms with E-state index in [0.717, 1.165) is 18.4 Å². The van der Waals surface area contributed by atoms with Crippen molar-refractivity contribution in [3.8, 4) is 5.75 Å². The molecule has 1 saturated heterocycles. The summed E-state index contributed by atoms with van der Waals surface area (Å²) in [7, 11) is 0. The van der Waals surface area contributed by atoms with Crippen LogP contribution in [0.4, 0.5) is 4.79 Å². The van der Waals surface area contributed by atoms with Gasteiger partial charge in [0.1, 0.15) is 11.4 Å². The molecule has 0 spiro atoms. The van der Waals surface area contributed by atoms with Gasteiger partial charge in [-0.3, -0.25) is 4.79 Å². The molecular weight excluding hydrogens is 282 g/mol. The van der Waals surface area contributed by atoms with E-state index in [0.29, 0.717) is 17.9 Å². The van der Waals surface area contributed by atoms with Crippen molar-refractivity contribution in [3.63, 3.8) is 0 Å². The third kappa shape index (κ3) is 2.80. The quantitative estimate of drug-likeness (QED) is 0.798. The molecular formula is C17H21NO4. The van der Waals surface area contributed by atoms with Crippen LogP contribution in [-0.2, 0) is 4.74 Å². The summed E-state index contributed by atoms with van der Waals surface area (Å²) in [6, 6.07) is 5.58. The van der Waals surface area contributed by atoms with E-state index in [1.165, 1.54) is 0 Å². The Labute approximate surface area is 130 Å². The van der Waals surface area contributed by atoms with Crippen molar-refractivity contribution in [2.24, 2.45) is 0 Å². The molecule has 0 N–H and O–H groups in total. The lowest BCUT2D eigenvalue weighted by molar-refractivity contribution is 0.0224. The highest BCUT2D eigenvalue weighted by molar-refractivity contribution is 6.02. The molecule has 1 aromatic rings. The van der Waals surface area contributed by atoms with Crippen LogP contribution in [0.3, 0.4) is 0 Å². The number of rotatable bonds is 1. The zero-order chi connectivity index (χ0) is 15.9. The Balaban J connectivity index is 1.82. The largest absolute Gasteiger partial charge is 0.485 e. The zero-order valence-corrected chi connectivity index (χ0v) is 13.2. The number of nitrogens with zero attached hydrogens (tertiary/aromatic N) is 1. The van der Waals surface area contributed by atoms with E-state index in [-0.39, 0.29) is 24.5 Å². The van der Waals surface area contributed by atoms with Crippen LogP contribution >= 0.6 is 0 Å². The molecule has 22 heavy (non-hydrogen) atoms. The molecule has 5 heteroatoms. The molecule has 3 rings (SSSR count). The van der Waals surface area contributed by atoms with E-state index in [9.17, 15) is 9.59 Å². The lowest BCUT2D eigenvalue weighted by Gasteiger charge is -2.29. The number of carbonyl (C=O) groups excluding carboxylic acids is 2. The molecule has 0 radical (unpaired) electrons. The van der Waals surface area contributed by atoms with Crippen LogP contribution in [0, 0.1) is 0 Å². The fraction of sp³-hybridized carbons (Fsp3) is 0.529. The van der Waals surface area contributed by atoms with Gasteiger partial charge in [-0.15, -0.1) is 0 Å². The first kappa shape index (κ1) is 14.9. The summed E-state index contributed by atoms with van der Waals surface area (Å²) in [5.41, 5.74) is 1.12. The SMILES string of the molecule is CC(C)(C)OC(=O)N1CCCC1c1ccc2c(c1)OCC2=O. The van der Waals surface area contributed by atoms with Gasteiger partial charge in [0.25, 0.3) is 0 Å². The third-order valence-electron chi connectivity index (χ3n) is 3.93. The summed E-state index contributed by atoms with van der Waals surface area (Å²) in [5, 5.41) is 0. The van der Waals surface area contributed by atoms with E-state index < -0.39 is 5.60 Å². The van der Waals surface area contributed by atoms with Crippen LogP contribution < -0.4 is 4.74 Å². The molecule has 5 nitrogen and oxygen atoms in total. The minimum absolute atomic E-state index is 0.0111. The number of Topliss-reactive ketones (excluding diaryl/α,β-unsaturated/α-hetero) is 1. The number of ether oxygens (including phenoxy) is 2. The first-order valence-electron chi connectivity index (χ1n) is 7.65. The maximum atomic E-state index is 12.3. The first-order valence-corrected chi connectivity index (χ1v) is 7.65. The Morgan fingerprint density at radius 2 is 2.14 bits per heavy atom. The summed E-state index contributed by atoms with van der Waals surface area (Å²) < 4.78 is 10.9. The molecule has 1 unspecified atom stereocenters. The second-order valence-corrected chi connectivity index (χ2v) is 6.80. The van der Waals surface area contributed by atoms with Crippen LogP contribution in [-0.4, -0.2) is 35.5 Å². The Hall–Kier alpha value is -2.04. The van der Waals surface area contributed by atoms with Crippen molar-refractivity contribution in [2.75, 3.05) is 13.2 Å². The van der Waals surface area contributed by atoms with Crippen LogP contribution in [0.2, 0.25) is 0 Å². The predicted octanol–water partition coefficient (Wildman–Crippen LogP) is 3.33. The van der Waals surface area contributed by atoms with Gasteiger partial charge < -0.3 is 14.4 Å². The van der Waals surface area contributed by atoms with Gasteiger partial charge in [0.2, 0.25) is 5.78 Å². The number of carbonyl (C=O) groups is 2. The average Bonchev–Trinajstić information content (AvgIpc) is 3.04. The molecule has 0 saturated carbocycles. The van der Waals surface area contributed by atoms with Gasteiger partial charge >= 0.3 is 6.09 Å². The number of hydrogen-bond acceptors (Lipinski definition) is 4. The number of likely N-dealkylation sites (tertiary alicyclic amines) is 1. The van der Waals surface area contributed by atoms with Gasteiger partial charge in [-0.2, -0.15) is 0 Å². The first-order chi connectivity index (χ1) is 10.3. The Bertz CT molecular complexity index is 618. The Morgan fingerprint density at radius 3 is 2.86 bits per heavy atom. The fourth-order valence-corrected chi connectivity index (χ4v) is 2.97. The molecule has 1 fully saturated rings. The molecule has 1 amide bonds. The van der Waals surface area contributed by atoms with E-state index in [2.05, 4.69) is 0 Å².